The molecule has 4 saturated heterocycles. The van der Waals surface area contributed by atoms with Crippen molar-refractivity contribution >= 4 is 29.4 Å². The summed E-state index contributed by atoms with van der Waals surface area (Å²) in [5, 5.41) is 145. The molecule has 4 heterocycles. The first kappa shape index (κ1) is 70.2. The van der Waals surface area contributed by atoms with Gasteiger partial charge in [-0.3, -0.25) is 24.0 Å². The summed E-state index contributed by atoms with van der Waals surface area (Å²) in [5.41, 5.74) is 0. The van der Waals surface area contributed by atoms with Gasteiger partial charge in [0.25, 0.3) is 0 Å². The molecule has 0 saturated carbocycles. The van der Waals surface area contributed by atoms with Crippen LogP contribution in [0.2, 0.25) is 0 Å². The first-order valence-electron chi connectivity index (χ1n) is 28.1. The summed E-state index contributed by atoms with van der Waals surface area (Å²) in [7, 11) is 0. The second-order valence-corrected chi connectivity index (χ2v) is 20.8. The zero-order valence-electron chi connectivity index (χ0n) is 46.0. The van der Waals surface area contributed by atoms with Crippen LogP contribution in [0, 0.1) is 5.92 Å². The largest absolute Gasteiger partial charge is 0.394 e. The zero-order valence-corrected chi connectivity index (χ0v) is 46.0. The molecule has 0 spiro atoms. The van der Waals surface area contributed by atoms with Crippen LogP contribution in [0.25, 0.3) is 0 Å². The van der Waals surface area contributed by atoms with Gasteiger partial charge in [0.1, 0.15) is 97.3 Å². The molecule has 17 N–H and O–H groups in total. The summed E-state index contributed by atoms with van der Waals surface area (Å²) in [6.07, 6.45) is -26.8. The van der Waals surface area contributed by atoms with E-state index in [4.69, 9.17) is 37.9 Å². The number of hydrogen-bond acceptors (Lipinski definition) is 26. The molecule has 0 bridgehead atoms. The van der Waals surface area contributed by atoms with Gasteiger partial charge in [0, 0.05) is 64.2 Å². The van der Waals surface area contributed by atoms with Crippen LogP contribution in [0.5, 0.6) is 0 Å². The lowest BCUT2D eigenvalue weighted by molar-refractivity contribution is -0.366. The van der Waals surface area contributed by atoms with E-state index in [0.29, 0.717) is 57.9 Å². The molecule has 21 atom stereocenters. The monoisotopic (exact) mass is 1170 g/mol. The van der Waals surface area contributed by atoms with Crippen LogP contribution in [0.15, 0.2) is 0 Å². The molecule has 470 valence electrons. The smallest absolute Gasteiger partial charge is 0.223 e. The number of aliphatic hydroxyl groups excluding tert-OH is 13. The molecular formula is C51H90N4O26. The summed E-state index contributed by atoms with van der Waals surface area (Å²) < 4.78 is 44.5. The fraction of sp³-hybridized carbons (Fsp3) is 0.902. The van der Waals surface area contributed by atoms with Crippen molar-refractivity contribution in [2.45, 2.75) is 227 Å². The Kier molecular flexibility index (Phi) is 31.7. The molecule has 4 rings (SSSR count). The maximum absolute atomic E-state index is 13.7. The van der Waals surface area contributed by atoms with Gasteiger partial charge in [-0.15, -0.1) is 0 Å². The van der Waals surface area contributed by atoms with Crippen LogP contribution in [-0.2, 0) is 61.9 Å². The Morgan fingerprint density at radius 1 is 0.457 bits per heavy atom. The number of carbonyl (C=O) groups is 5. The molecule has 0 aromatic rings. The van der Waals surface area contributed by atoms with Crippen LogP contribution in [0.1, 0.15) is 104 Å². The molecule has 81 heavy (non-hydrogen) atoms. The van der Waals surface area contributed by atoms with Crippen LogP contribution >= 0.6 is 0 Å². The Hall–Kier alpha value is -3.29. The minimum Gasteiger partial charge on any atom is -0.394 e. The van der Waals surface area contributed by atoms with Crippen molar-refractivity contribution in [1.29, 1.82) is 0 Å². The molecule has 4 fully saturated rings. The van der Waals surface area contributed by atoms with E-state index in [1.807, 2.05) is 6.92 Å². The quantitative estimate of drug-likeness (QED) is 0.0259. The van der Waals surface area contributed by atoms with Gasteiger partial charge >= 0.3 is 0 Å². The van der Waals surface area contributed by atoms with Gasteiger partial charge in [-0.05, 0) is 52.4 Å². The summed E-state index contributed by atoms with van der Waals surface area (Å²) in [4.78, 5) is 63.6. The van der Waals surface area contributed by atoms with Gasteiger partial charge < -0.3 is 126 Å². The van der Waals surface area contributed by atoms with E-state index in [0.717, 1.165) is 6.42 Å². The Labute approximate surface area is 469 Å². The molecule has 0 aromatic carbocycles. The van der Waals surface area contributed by atoms with Gasteiger partial charge in [0.15, 0.2) is 25.2 Å². The number of amides is 4. The number of ether oxygens (including phenoxy) is 8. The van der Waals surface area contributed by atoms with Gasteiger partial charge in [-0.25, -0.2) is 0 Å². The first-order valence-corrected chi connectivity index (χ1v) is 28.1. The Balaban J connectivity index is 1.28. The van der Waals surface area contributed by atoms with E-state index < -0.39 is 154 Å². The molecule has 0 radical (unpaired) electrons. The number of unbranched alkanes of at least 4 members (excludes halogenated alkanes) is 5. The lowest BCUT2D eigenvalue weighted by Crippen LogP contribution is -2.65. The molecule has 4 amide bonds. The lowest BCUT2D eigenvalue weighted by Gasteiger charge is -2.46. The molecular weight excluding hydrogens is 1080 g/mol. The van der Waals surface area contributed by atoms with Gasteiger partial charge in [-0.2, -0.15) is 0 Å². The zero-order chi connectivity index (χ0) is 59.8. The second-order valence-electron chi connectivity index (χ2n) is 20.8. The first-order chi connectivity index (χ1) is 38.6. The highest BCUT2D eigenvalue weighted by Crippen LogP contribution is 2.31. The van der Waals surface area contributed by atoms with Crippen molar-refractivity contribution < 1.29 is 128 Å². The fourth-order valence-electron chi connectivity index (χ4n) is 9.52. The van der Waals surface area contributed by atoms with Crippen molar-refractivity contribution in [2.75, 3.05) is 59.2 Å². The lowest BCUT2D eigenvalue weighted by atomic mass is 9.93. The summed E-state index contributed by atoms with van der Waals surface area (Å²) in [6.45, 7) is 1.37. The summed E-state index contributed by atoms with van der Waals surface area (Å²) in [6, 6.07) is 0. The van der Waals surface area contributed by atoms with E-state index in [-0.39, 0.29) is 88.5 Å². The predicted molar refractivity (Wildman–Crippen MR) is 274 cm³/mol. The summed E-state index contributed by atoms with van der Waals surface area (Å²) in [5.74, 6) is -2.03. The number of Topliss-reactive ketones (excluding diaryl/α,β-unsaturated/α-hetero) is 1. The third-order valence-corrected chi connectivity index (χ3v) is 14.4. The van der Waals surface area contributed by atoms with Gasteiger partial charge in [0.05, 0.1) is 39.1 Å². The molecule has 0 aliphatic carbocycles. The number of ketones is 1. The Bertz CT molecular complexity index is 1860. The van der Waals surface area contributed by atoms with Crippen LogP contribution in [-0.4, -0.2) is 278 Å². The average molecular weight is 1180 g/mol. The van der Waals surface area contributed by atoms with E-state index in [1.54, 1.807) is 0 Å². The normalized spacial score (nSPS) is 34.7. The van der Waals surface area contributed by atoms with Gasteiger partial charge in [-0.1, -0.05) is 19.3 Å². The SMILES string of the molecule is CCNC(=O)CCCCCCC(=O)C[C@@H](CCCCNC(=O)CCCCC(=O)NCCO[C@@H]1O[C@@H](C)[C@@H](O)[C@@H](O)[C@@H]1O)C(=O)NCCO[C@H]1O[C@H](CO[C@H]2O[C@H](CO)[C@@H](O)[C@H](O)[C@@H]2O)[C@@H](O)[C@H](O[C@H]2O[C@H](CO)[C@@H](O)[C@H](O)[C@@H]2O)[C@@H]1O. The minimum atomic E-state index is -1.96. The Morgan fingerprint density at radius 3 is 1.51 bits per heavy atom. The maximum Gasteiger partial charge on any atom is 0.223 e. The second kappa shape index (κ2) is 36.5. The van der Waals surface area contributed by atoms with Gasteiger partial charge in [0.2, 0.25) is 23.6 Å². The topological polar surface area (TPSA) is 470 Å². The van der Waals surface area contributed by atoms with Crippen LogP contribution in [0.3, 0.4) is 0 Å². The molecule has 0 unspecified atom stereocenters. The highest BCUT2D eigenvalue weighted by Gasteiger charge is 2.52. The van der Waals surface area contributed by atoms with Crippen LogP contribution in [0.4, 0.5) is 0 Å². The third kappa shape index (κ3) is 22.3. The molecule has 4 aliphatic rings. The molecule has 30 heteroatoms. The standard InChI is InChI=1S/C51H90N4O26/c1-3-52-32(59)14-7-5-4-6-13-28(58)22-27(12-10-11-17-53-33(60)15-8-9-16-34(61)54-18-20-74-48-42(69)39(66)35(62)26(2)77-48)47(73)55-19-21-75-50-45(72)46(81-51-44(71)41(68)37(64)30(24-57)79-51)38(65)31(80-50)25-76-49-43(70)40(67)36(63)29(23-56)78-49/h26-27,29-31,35-46,48-51,56-57,62-72H,3-25H2,1-2H3,(H,52,59)(H,53,60)(H,54,61)(H,55,73)/t26-,27+,29+,30+,31+,35+,36+,37+,38+,39+,40-,41-,42-,43-,44-,45-,46-,48+,49-,50-,51+/m0/s1. The average Bonchev–Trinajstić information content (AvgIpc) is 3.54. The summed E-state index contributed by atoms with van der Waals surface area (Å²) >= 11 is 0. The molecule has 0 aromatic heterocycles. The Morgan fingerprint density at radius 2 is 0.926 bits per heavy atom. The van der Waals surface area contributed by atoms with E-state index in [9.17, 15) is 90.4 Å². The predicted octanol–water partition coefficient (Wildman–Crippen LogP) is -6.57. The van der Waals surface area contributed by atoms with Crippen molar-refractivity contribution in [3.05, 3.63) is 0 Å². The minimum absolute atomic E-state index is 0.0257. The fourth-order valence-corrected chi connectivity index (χ4v) is 9.52. The maximum atomic E-state index is 13.7. The van der Waals surface area contributed by atoms with Crippen LogP contribution < -0.4 is 21.3 Å². The van der Waals surface area contributed by atoms with Crippen molar-refractivity contribution in [3.8, 4) is 0 Å². The number of hydrogen-bond donors (Lipinski definition) is 17. The number of nitrogens with one attached hydrogen (secondary N) is 4. The highest BCUT2D eigenvalue weighted by molar-refractivity contribution is 5.86. The van der Waals surface area contributed by atoms with E-state index in [2.05, 4.69) is 21.3 Å². The van der Waals surface area contributed by atoms with Crippen molar-refractivity contribution in [1.82, 2.24) is 21.3 Å². The molecule has 30 nitrogen and oxygen atoms in total. The number of carbonyl (C=O) groups excluding carboxylic acids is 5. The van der Waals surface area contributed by atoms with E-state index in [1.165, 1.54) is 6.92 Å². The molecule has 4 aliphatic heterocycles. The van der Waals surface area contributed by atoms with Crippen molar-refractivity contribution in [2.24, 2.45) is 5.92 Å². The third-order valence-electron chi connectivity index (χ3n) is 14.4. The van der Waals surface area contributed by atoms with E-state index >= 15 is 0 Å². The number of aliphatic hydroxyl groups is 13. The van der Waals surface area contributed by atoms with Crippen molar-refractivity contribution in [3.63, 3.8) is 0 Å². The number of rotatable bonds is 36. The highest BCUT2D eigenvalue weighted by atomic mass is 16.8.